The third kappa shape index (κ3) is 4.19. The van der Waals surface area contributed by atoms with Crippen LogP contribution in [0.25, 0.3) is 6.08 Å². The third-order valence-electron chi connectivity index (χ3n) is 2.32. The van der Waals surface area contributed by atoms with Crippen molar-refractivity contribution in [2.24, 2.45) is 0 Å². The number of halogens is 1. The molecule has 1 unspecified atom stereocenters. The minimum absolute atomic E-state index is 0.0508. The van der Waals surface area contributed by atoms with E-state index >= 15 is 0 Å². The molecule has 1 aromatic carbocycles. The van der Waals surface area contributed by atoms with Crippen molar-refractivity contribution in [3.8, 4) is 0 Å². The van der Waals surface area contributed by atoms with Gasteiger partial charge in [0.05, 0.1) is 0 Å². The Balaban J connectivity index is 2.60. The van der Waals surface area contributed by atoms with Crippen LogP contribution in [0.5, 0.6) is 0 Å². The number of benzene rings is 1. The molecule has 0 aliphatic rings. The fourth-order valence-electron chi connectivity index (χ4n) is 1.17. The Kier molecular flexibility index (Phi) is 5.26. The molecule has 0 heterocycles. The summed E-state index contributed by atoms with van der Waals surface area (Å²) in [6, 6.07) is 8.01. The van der Waals surface area contributed by atoms with Crippen LogP contribution in [0.4, 0.5) is 0 Å². The predicted octanol–water partition coefficient (Wildman–Crippen LogP) is 3.38. The van der Waals surface area contributed by atoms with Crippen LogP contribution in [0.1, 0.15) is 25.8 Å². The summed E-state index contributed by atoms with van der Waals surface area (Å²) >= 11 is 3.43. The molecule has 0 saturated heterocycles. The fourth-order valence-corrected chi connectivity index (χ4v) is 1.59. The first-order valence-corrected chi connectivity index (χ1v) is 6.16. The quantitative estimate of drug-likeness (QED) is 0.843. The van der Waals surface area contributed by atoms with Gasteiger partial charge in [0.1, 0.15) is 0 Å². The van der Waals surface area contributed by atoms with Crippen LogP contribution in [-0.4, -0.2) is 11.9 Å². The molecule has 1 atom stereocenters. The van der Waals surface area contributed by atoms with Gasteiger partial charge >= 0.3 is 0 Å². The second-order valence-corrected chi connectivity index (χ2v) is 4.53. The van der Waals surface area contributed by atoms with Crippen molar-refractivity contribution in [3.05, 3.63) is 40.4 Å². The highest BCUT2D eigenvalue weighted by Crippen LogP contribution is 2.16. The van der Waals surface area contributed by atoms with Gasteiger partial charge in [-0.1, -0.05) is 41.1 Å². The van der Waals surface area contributed by atoms with Crippen molar-refractivity contribution in [2.75, 3.05) is 0 Å². The monoisotopic (exact) mass is 281 g/mol. The number of carbonyl (C=O) groups is 1. The second-order valence-electron chi connectivity index (χ2n) is 3.67. The number of amides is 1. The van der Waals surface area contributed by atoms with Gasteiger partial charge in [-0.25, -0.2) is 0 Å². The molecule has 1 rings (SSSR count). The summed E-state index contributed by atoms with van der Waals surface area (Å²) in [4.78, 5) is 11.5. The van der Waals surface area contributed by atoms with Crippen molar-refractivity contribution < 1.29 is 4.79 Å². The van der Waals surface area contributed by atoms with Gasteiger partial charge in [0.25, 0.3) is 0 Å². The smallest absolute Gasteiger partial charge is 0.244 e. The summed E-state index contributed by atoms with van der Waals surface area (Å²) in [5, 5.41) is 2.88. The van der Waals surface area contributed by atoms with E-state index in [9.17, 15) is 4.79 Å². The van der Waals surface area contributed by atoms with Crippen LogP contribution >= 0.6 is 15.9 Å². The van der Waals surface area contributed by atoms with Crippen molar-refractivity contribution in [2.45, 2.75) is 26.3 Å². The second kappa shape index (κ2) is 6.48. The maximum atomic E-state index is 11.5. The van der Waals surface area contributed by atoms with E-state index in [1.807, 2.05) is 44.2 Å². The average Bonchev–Trinajstić information content (AvgIpc) is 2.28. The molecule has 0 spiro atoms. The molecule has 2 nitrogen and oxygen atoms in total. The molecule has 0 bridgehead atoms. The van der Waals surface area contributed by atoms with Gasteiger partial charge in [-0.05, 0) is 31.1 Å². The van der Waals surface area contributed by atoms with Gasteiger partial charge in [0.15, 0.2) is 0 Å². The predicted molar refractivity (Wildman–Crippen MR) is 71.1 cm³/mol. The Morgan fingerprint density at radius 1 is 1.50 bits per heavy atom. The molecule has 3 heteroatoms. The van der Waals surface area contributed by atoms with Crippen LogP contribution in [-0.2, 0) is 4.79 Å². The first-order valence-electron chi connectivity index (χ1n) is 5.36. The van der Waals surface area contributed by atoms with Gasteiger partial charge in [-0.2, -0.15) is 0 Å². The maximum absolute atomic E-state index is 11.5. The Bertz CT molecular complexity index is 387. The van der Waals surface area contributed by atoms with E-state index in [0.717, 1.165) is 16.5 Å². The van der Waals surface area contributed by atoms with E-state index < -0.39 is 0 Å². The summed E-state index contributed by atoms with van der Waals surface area (Å²) in [7, 11) is 0. The summed E-state index contributed by atoms with van der Waals surface area (Å²) in [5.41, 5.74) is 1.00. The van der Waals surface area contributed by atoms with Gasteiger partial charge in [0, 0.05) is 16.6 Å². The SMILES string of the molecule is CCC(C)NC(=O)/C=C/c1ccccc1Br. The zero-order valence-corrected chi connectivity index (χ0v) is 11.1. The van der Waals surface area contributed by atoms with Gasteiger partial charge in [-0.3, -0.25) is 4.79 Å². The minimum atomic E-state index is -0.0508. The summed E-state index contributed by atoms with van der Waals surface area (Å²) in [6.07, 6.45) is 4.31. The normalized spacial score (nSPS) is 12.7. The van der Waals surface area contributed by atoms with E-state index in [1.165, 1.54) is 0 Å². The Hall–Kier alpha value is -1.09. The van der Waals surface area contributed by atoms with Crippen LogP contribution in [0.15, 0.2) is 34.8 Å². The van der Waals surface area contributed by atoms with Gasteiger partial charge in [0.2, 0.25) is 5.91 Å². The van der Waals surface area contributed by atoms with Gasteiger partial charge < -0.3 is 5.32 Å². The highest BCUT2D eigenvalue weighted by molar-refractivity contribution is 9.10. The number of hydrogen-bond acceptors (Lipinski definition) is 1. The lowest BCUT2D eigenvalue weighted by Gasteiger charge is -2.08. The third-order valence-corrected chi connectivity index (χ3v) is 3.04. The first-order chi connectivity index (χ1) is 7.63. The van der Waals surface area contributed by atoms with Crippen molar-refractivity contribution in [1.29, 1.82) is 0 Å². The molecule has 0 saturated carbocycles. The standard InChI is InChI=1S/C13H16BrNO/c1-3-10(2)15-13(16)9-8-11-6-4-5-7-12(11)14/h4-10H,3H2,1-2H3,(H,15,16)/b9-8+. The Morgan fingerprint density at radius 3 is 2.81 bits per heavy atom. The summed E-state index contributed by atoms with van der Waals surface area (Å²) in [6.45, 7) is 4.03. The number of nitrogens with one attached hydrogen (secondary N) is 1. The number of hydrogen-bond donors (Lipinski definition) is 1. The maximum Gasteiger partial charge on any atom is 0.244 e. The molecule has 0 fully saturated rings. The average molecular weight is 282 g/mol. The zero-order valence-electron chi connectivity index (χ0n) is 9.53. The number of carbonyl (C=O) groups excluding carboxylic acids is 1. The zero-order chi connectivity index (χ0) is 12.0. The largest absolute Gasteiger partial charge is 0.350 e. The molecule has 16 heavy (non-hydrogen) atoms. The molecular weight excluding hydrogens is 266 g/mol. The van der Waals surface area contributed by atoms with Crippen molar-refractivity contribution >= 4 is 27.9 Å². The van der Waals surface area contributed by atoms with Crippen LogP contribution < -0.4 is 5.32 Å². The lowest BCUT2D eigenvalue weighted by molar-refractivity contribution is -0.117. The lowest BCUT2D eigenvalue weighted by atomic mass is 10.2. The lowest BCUT2D eigenvalue weighted by Crippen LogP contribution is -2.30. The molecule has 0 aliphatic heterocycles. The highest BCUT2D eigenvalue weighted by atomic mass is 79.9. The molecule has 86 valence electrons. The molecular formula is C13H16BrNO. The minimum Gasteiger partial charge on any atom is -0.350 e. The molecule has 0 aromatic heterocycles. The van der Waals surface area contributed by atoms with E-state index in [4.69, 9.17) is 0 Å². The van der Waals surface area contributed by atoms with Crippen LogP contribution in [0, 0.1) is 0 Å². The molecule has 1 aromatic rings. The van der Waals surface area contributed by atoms with Gasteiger partial charge in [-0.15, -0.1) is 0 Å². The topological polar surface area (TPSA) is 29.1 Å². The Labute approximate surface area is 105 Å². The van der Waals surface area contributed by atoms with E-state index in [2.05, 4.69) is 21.2 Å². The van der Waals surface area contributed by atoms with E-state index in [0.29, 0.717) is 0 Å². The molecule has 0 radical (unpaired) electrons. The fraction of sp³-hybridized carbons (Fsp3) is 0.308. The highest BCUT2D eigenvalue weighted by Gasteiger charge is 2.01. The summed E-state index contributed by atoms with van der Waals surface area (Å²) < 4.78 is 0.989. The van der Waals surface area contributed by atoms with Crippen molar-refractivity contribution in [3.63, 3.8) is 0 Å². The molecule has 1 amide bonds. The Morgan fingerprint density at radius 2 is 2.19 bits per heavy atom. The summed E-state index contributed by atoms with van der Waals surface area (Å²) in [5.74, 6) is -0.0508. The molecule has 0 aliphatic carbocycles. The molecule has 1 N–H and O–H groups in total. The van der Waals surface area contributed by atoms with Crippen LogP contribution in [0.3, 0.4) is 0 Å². The van der Waals surface area contributed by atoms with E-state index in [-0.39, 0.29) is 11.9 Å². The first kappa shape index (κ1) is 13.0. The van der Waals surface area contributed by atoms with Crippen molar-refractivity contribution in [1.82, 2.24) is 5.32 Å². The number of rotatable bonds is 4. The van der Waals surface area contributed by atoms with E-state index in [1.54, 1.807) is 6.08 Å². The van der Waals surface area contributed by atoms with Crippen LogP contribution in [0.2, 0.25) is 0 Å².